The Bertz CT molecular complexity index is 559. The zero-order valence-corrected chi connectivity index (χ0v) is 12.5. The number of carboxylic acids is 1. The quantitative estimate of drug-likeness (QED) is 0.875. The molecule has 2 unspecified atom stereocenters. The van der Waals surface area contributed by atoms with Gasteiger partial charge in [0.05, 0.1) is 24.2 Å². The lowest BCUT2D eigenvalue weighted by atomic mass is 10.00. The lowest BCUT2D eigenvalue weighted by Gasteiger charge is -2.17. The number of hydrogen-bond donors (Lipinski definition) is 2. The van der Waals surface area contributed by atoms with E-state index >= 15 is 0 Å². The lowest BCUT2D eigenvalue weighted by Crippen LogP contribution is -2.17. The molecule has 0 amide bonds. The van der Waals surface area contributed by atoms with Crippen molar-refractivity contribution in [1.29, 1.82) is 0 Å². The van der Waals surface area contributed by atoms with E-state index in [-0.39, 0.29) is 18.1 Å². The molecule has 1 aliphatic heterocycles. The van der Waals surface area contributed by atoms with Crippen molar-refractivity contribution in [3.8, 4) is 11.5 Å². The minimum atomic E-state index is -0.767. The van der Waals surface area contributed by atoms with Crippen molar-refractivity contribution in [3.63, 3.8) is 0 Å². The second-order valence-corrected chi connectivity index (χ2v) is 5.99. The van der Waals surface area contributed by atoms with Crippen molar-refractivity contribution in [3.05, 3.63) is 22.7 Å². The SMILES string of the molecule is COc1cc(C2CC(C(=O)O)CN2)cc(Cl)c1OC1CC1. The number of halogens is 1. The number of carboxylic acid groups (broad SMARTS) is 1. The van der Waals surface area contributed by atoms with Crippen LogP contribution in [0.25, 0.3) is 0 Å². The maximum Gasteiger partial charge on any atom is 0.307 e. The second-order valence-electron chi connectivity index (χ2n) is 5.58. The van der Waals surface area contributed by atoms with Crippen LogP contribution in [0.2, 0.25) is 5.02 Å². The fraction of sp³-hybridized carbons (Fsp3) is 0.533. The number of benzene rings is 1. The van der Waals surface area contributed by atoms with E-state index in [4.69, 9.17) is 26.2 Å². The van der Waals surface area contributed by atoms with Crippen molar-refractivity contribution >= 4 is 17.6 Å². The van der Waals surface area contributed by atoms with E-state index in [2.05, 4.69) is 5.32 Å². The molecule has 2 aliphatic rings. The molecular weight excluding hydrogens is 294 g/mol. The largest absolute Gasteiger partial charge is 0.493 e. The van der Waals surface area contributed by atoms with Gasteiger partial charge in [0.25, 0.3) is 0 Å². The van der Waals surface area contributed by atoms with Crippen LogP contribution < -0.4 is 14.8 Å². The highest BCUT2D eigenvalue weighted by atomic mass is 35.5. The maximum absolute atomic E-state index is 11.0. The molecule has 0 radical (unpaired) electrons. The first-order valence-corrected chi connectivity index (χ1v) is 7.46. The Kier molecular flexibility index (Phi) is 3.95. The van der Waals surface area contributed by atoms with Gasteiger partial charge in [0.2, 0.25) is 0 Å². The highest BCUT2D eigenvalue weighted by Gasteiger charge is 2.32. The Balaban J connectivity index is 1.83. The first kappa shape index (κ1) is 14.5. The first-order valence-electron chi connectivity index (χ1n) is 7.08. The number of nitrogens with one attached hydrogen (secondary N) is 1. The summed E-state index contributed by atoms with van der Waals surface area (Å²) in [5.74, 6) is 0.0575. The van der Waals surface area contributed by atoms with E-state index in [9.17, 15) is 4.79 Å². The standard InChI is InChI=1S/C15H18ClNO4/c1-20-13-6-8(12-5-9(7-17-12)15(18)19)4-11(16)14(13)21-10-2-3-10/h4,6,9-10,12,17H,2-3,5,7H2,1H3,(H,18,19). The molecule has 6 heteroatoms. The molecule has 21 heavy (non-hydrogen) atoms. The molecule has 0 spiro atoms. The predicted molar refractivity (Wildman–Crippen MR) is 78.1 cm³/mol. The molecule has 1 aliphatic carbocycles. The van der Waals surface area contributed by atoms with Crippen LogP contribution in [0.3, 0.4) is 0 Å². The second kappa shape index (κ2) is 5.73. The van der Waals surface area contributed by atoms with Gasteiger partial charge in [-0.05, 0) is 37.0 Å². The molecule has 1 aromatic carbocycles. The molecule has 3 rings (SSSR count). The van der Waals surface area contributed by atoms with Gasteiger partial charge in [0, 0.05) is 12.6 Å². The predicted octanol–water partition coefficient (Wildman–Crippen LogP) is 2.63. The summed E-state index contributed by atoms with van der Waals surface area (Å²) in [7, 11) is 1.58. The number of ether oxygens (including phenoxy) is 2. The normalized spacial score (nSPS) is 24.9. The summed E-state index contributed by atoms with van der Waals surface area (Å²) in [6.07, 6.45) is 2.89. The van der Waals surface area contributed by atoms with Gasteiger partial charge in [-0.25, -0.2) is 0 Å². The van der Waals surface area contributed by atoms with Crippen LogP contribution in [0.4, 0.5) is 0 Å². The monoisotopic (exact) mass is 311 g/mol. The van der Waals surface area contributed by atoms with Crippen LogP contribution in [-0.2, 0) is 4.79 Å². The average Bonchev–Trinajstić information content (AvgIpc) is 3.13. The van der Waals surface area contributed by atoms with E-state index < -0.39 is 5.97 Å². The molecule has 0 aromatic heterocycles. The van der Waals surface area contributed by atoms with Gasteiger partial charge in [-0.3, -0.25) is 4.79 Å². The first-order chi connectivity index (χ1) is 10.1. The number of carbonyl (C=O) groups is 1. The van der Waals surface area contributed by atoms with Crippen LogP contribution in [0.5, 0.6) is 11.5 Å². The van der Waals surface area contributed by atoms with E-state index in [0.29, 0.717) is 29.5 Å². The Morgan fingerprint density at radius 3 is 2.76 bits per heavy atom. The van der Waals surface area contributed by atoms with Crippen molar-refractivity contribution in [1.82, 2.24) is 5.32 Å². The van der Waals surface area contributed by atoms with Crippen molar-refractivity contribution in [2.45, 2.75) is 31.4 Å². The van der Waals surface area contributed by atoms with Gasteiger partial charge in [-0.2, -0.15) is 0 Å². The molecule has 1 aromatic rings. The van der Waals surface area contributed by atoms with Crippen molar-refractivity contribution in [2.75, 3.05) is 13.7 Å². The van der Waals surface area contributed by atoms with E-state index in [0.717, 1.165) is 18.4 Å². The average molecular weight is 312 g/mol. The summed E-state index contributed by atoms with van der Waals surface area (Å²) in [6, 6.07) is 3.70. The summed E-state index contributed by atoms with van der Waals surface area (Å²) in [4.78, 5) is 11.0. The molecule has 1 saturated heterocycles. The van der Waals surface area contributed by atoms with Crippen LogP contribution in [0.1, 0.15) is 30.9 Å². The summed E-state index contributed by atoms with van der Waals surface area (Å²) in [5, 5.41) is 12.8. The smallest absolute Gasteiger partial charge is 0.307 e. The third-order valence-electron chi connectivity index (χ3n) is 3.94. The molecule has 2 fully saturated rings. The minimum absolute atomic E-state index is 0.0209. The van der Waals surface area contributed by atoms with Gasteiger partial charge < -0.3 is 19.9 Å². The summed E-state index contributed by atoms with van der Waals surface area (Å²) in [6.45, 7) is 0.472. The zero-order valence-electron chi connectivity index (χ0n) is 11.8. The van der Waals surface area contributed by atoms with E-state index in [1.807, 2.05) is 12.1 Å². The maximum atomic E-state index is 11.0. The Morgan fingerprint density at radius 1 is 1.43 bits per heavy atom. The van der Waals surface area contributed by atoms with E-state index in [1.165, 1.54) is 0 Å². The topological polar surface area (TPSA) is 67.8 Å². The Hall–Kier alpha value is -1.46. The molecule has 2 N–H and O–H groups in total. The fourth-order valence-electron chi connectivity index (χ4n) is 2.59. The highest BCUT2D eigenvalue weighted by molar-refractivity contribution is 6.32. The van der Waals surface area contributed by atoms with Gasteiger partial charge in [0.1, 0.15) is 0 Å². The Labute approximate surface area is 128 Å². The van der Waals surface area contributed by atoms with E-state index in [1.54, 1.807) is 7.11 Å². The molecule has 5 nitrogen and oxygen atoms in total. The number of aliphatic carboxylic acids is 1. The lowest BCUT2D eigenvalue weighted by molar-refractivity contribution is -0.141. The van der Waals surface area contributed by atoms with Gasteiger partial charge in [-0.1, -0.05) is 11.6 Å². The molecule has 1 saturated carbocycles. The van der Waals surface area contributed by atoms with Crippen LogP contribution in [-0.4, -0.2) is 30.8 Å². The van der Waals surface area contributed by atoms with Gasteiger partial charge in [-0.15, -0.1) is 0 Å². The van der Waals surface area contributed by atoms with Crippen LogP contribution >= 0.6 is 11.6 Å². The molecule has 1 heterocycles. The third-order valence-corrected chi connectivity index (χ3v) is 4.22. The number of hydrogen-bond acceptors (Lipinski definition) is 4. The summed E-state index contributed by atoms with van der Waals surface area (Å²) < 4.78 is 11.2. The Morgan fingerprint density at radius 2 is 2.19 bits per heavy atom. The highest BCUT2D eigenvalue weighted by Crippen LogP contribution is 2.42. The minimum Gasteiger partial charge on any atom is -0.493 e. The molecular formula is C15H18ClNO4. The van der Waals surface area contributed by atoms with Crippen LogP contribution in [0.15, 0.2) is 12.1 Å². The van der Waals surface area contributed by atoms with Gasteiger partial charge >= 0.3 is 5.97 Å². The van der Waals surface area contributed by atoms with Crippen molar-refractivity contribution < 1.29 is 19.4 Å². The van der Waals surface area contributed by atoms with Crippen molar-refractivity contribution in [2.24, 2.45) is 5.92 Å². The summed E-state index contributed by atoms with van der Waals surface area (Å²) in [5.41, 5.74) is 0.934. The van der Waals surface area contributed by atoms with Gasteiger partial charge in [0.15, 0.2) is 11.5 Å². The fourth-order valence-corrected chi connectivity index (χ4v) is 2.85. The third kappa shape index (κ3) is 3.09. The van der Waals surface area contributed by atoms with Crippen LogP contribution in [0, 0.1) is 5.92 Å². The molecule has 2 atom stereocenters. The zero-order chi connectivity index (χ0) is 15.0. The molecule has 0 bridgehead atoms. The summed E-state index contributed by atoms with van der Waals surface area (Å²) >= 11 is 6.31. The number of methoxy groups -OCH3 is 1. The number of rotatable bonds is 5. The molecule has 114 valence electrons.